The number of methoxy groups -OCH3 is 2. The highest BCUT2D eigenvalue weighted by atomic mass is 16.5. The molecule has 0 saturated carbocycles. The number of esters is 1. The highest BCUT2D eigenvalue weighted by Gasteiger charge is 2.20. The van der Waals surface area contributed by atoms with Gasteiger partial charge < -0.3 is 20.1 Å². The number of anilines is 2. The average molecular weight is 252 g/mol. The maximum absolute atomic E-state index is 11.7. The van der Waals surface area contributed by atoms with E-state index in [4.69, 9.17) is 15.2 Å². The molecule has 5 nitrogen and oxygen atoms in total. The molecule has 0 radical (unpaired) electrons. The number of hydrogen-bond donors (Lipinski definition) is 1. The zero-order valence-electron chi connectivity index (χ0n) is 11.3. The Labute approximate surface area is 107 Å². The second-order valence-corrected chi connectivity index (χ2v) is 4.15. The largest absolute Gasteiger partial charge is 0.465 e. The summed E-state index contributed by atoms with van der Waals surface area (Å²) in [5, 5.41) is 0. The van der Waals surface area contributed by atoms with Gasteiger partial charge in [-0.05, 0) is 19.1 Å². The fourth-order valence-corrected chi connectivity index (χ4v) is 1.80. The van der Waals surface area contributed by atoms with Gasteiger partial charge in [0, 0.05) is 20.2 Å². The summed E-state index contributed by atoms with van der Waals surface area (Å²) in [4.78, 5) is 13.7. The van der Waals surface area contributed by atoms with E-state index >= 15 is 0 Å². The van der Waals surface area contributed by atoms with Crippen LogP contribution in [0.15, 0.2) is 18.2 Å². The monoisotopic (exact) mass is 252 g/mol. The number of hydrogen-bond acceptors (Lipinski definition) is 5. The third-order valence-corrected chi connectivity index (χ3v) is 2.89. The number of para-hydroxylation sites is 1. The summed E-state index contributed by atoms with van der Waals surface area (Å²) in [6, 6.07) is 5.30. The molecule has 0 heterocycles. The van der Waals surface area contributed by atoms with Crippen molar-refractivity contribution in [2.24, 2.45) is 0 Å². The smallest absolute Gasteiger partial charge is 0.340 e. The van der Waals surface area contributed by atoms with Crippen LogP contribution >= 0.6 is 0 Å². The zero-order valence-corrected chi connectivity index (χ0v) is 11.3. The van der Waals surface area contributed by atoms with E-state index in [9.17, 15) is 4.79 Å². The van der Waals surface area contributed by atoms with Crippen molar-refractivity contribution in [1.29, 1.82) is 0 Å². The Kier molecular flexibility index (Phi) is 4.97. The van der Waals surface area contributed by atoms with E-state index < -0.39 is 5.97 Å². The predicted molar refractivity (Wildman–Crippen MR) is 71.9 cm³/mol. The van der Waals surface area contributed by atoms with Gasteiger partial charge in [0.1, 0.15) is 0 Å². The molecule has 5 heteroatoms. The molecule has 2 N–H and O–H groups in total. The Balaban J connectivity index is 3.17. The maximum atomic E-state index is 11.7. The molecule has 1 unspecified atom stereocenters. The van der Waals surface area contributed by atoms with Crippen LogP contribution in [0.4, 0.5) is 11.4 Å². The molecule has 0 bridgehead atoms. The van der Waals surface area contributed by atoms with E-state index in [1.165, 1.54) is 7.11 Å². The summed E-state index contributed by atoms with van der Waals surface area (Å²) in [6.45, 7) is 2.54. The van der Waals surface area contributed by atoms with E-state index in [-0.39, 0.29) is 6.04 Å². The summed E-state index contributed by atoms with van der Waals surface area (Å²) in [7, 11) is 4.87. The SMILES string of the molecule is COCC(C)N(C)c1c(N)cccc1C(=O)OC. The van der Waals surface area contributed by atoms with Gasteiger partial charge >= 0.3 is 5.97 Å². The molecule has 0 fully saturated rings. The Morgan fingerprint density at radius 1 is 1.44 bits per heavy atom. The van der Waals surface area contributed by atoms with Crippen molar-refractivity contribution >= 4 is 17.3 Å². The van der Waals surface area contributed by atoms with Crippen LogP contribution in [0.3, 0.4) is 0 Å². The third-order valence-electron chi connectivity index (χ3n) is 2.89. The van der Waals surface area contributed by atoms with Crippen molar-refractivity contribution in [3.63, 3.8) is 0 Å². The van der Waals surface area contributed by atoms with Crippen LogP contribution in [0.5, 0.6) is 0 Å². The molecule has 100 valence electrons. The Hall–Kier alpha value is -1.75. The van der Waals surface area contributed by atoms with Gasteiger partial charge in [0.2, 0.25) is 0 Å². The number of likely N-dealkylation sites (N-methyl/N-ethyl adjacent to an activating group) is 1. The lowest BCUT2D eigenvalue weighted by Crippen LogP contribution is -2.34. The van der Waals surface area contributed by atoms with Crippen LogP contribution in [-0.4, -0.2) is 39.9 Å². The number of nitrogens with two attached hydrogens (primary N) is 1. The fourth-order valence-electron chi connectivity index (χ4n) is 1.80. The molecule has 0 spiro atoms. The predicted octanol–water partition coefficient (Wildman–Crippen LogP) is 1.53. The molecule has 0 saturated heterocycles. The van der Waals surface area contributed by atoms with E-state index in [0.29, 0.717) is 23.5 Å². The summed E-state index contributed by atoms with van der Waals surface area (Å²) in [5.74, 6) is -0.395. The molecule has 1 rings (SSSR count). The van der Waals surface area contributed by atoms with Crippen molar-refractivity contribution in [2.45, 2.75) is 13.0 Å². The van der Waals surface area contributed by atoms with Crippen LogP contribution < -0.4 is 10.6 Å². The van der Waals surface area contributed by atoms with Crippen molar-refractivity contribution in [2.75, 3.05) is 38.5 Å². The number of ether oxygens (including phenoxy) is 2. The Morgan fingerprint density at radius 2 is 2.11 bits per heavy atom. The topological polar surface area (TPSA) is 64.8 Å². The van der Waals surface area contributed by atoms with Gasteiger partial charge in [-0.1, -0.05) is 6.07 Å². The van der Waals surface area contributed by atoms with Crippen molar-refractivity contribution in [1.82, 2.24) is 0 Å². The first-order chi connectivity index (χ1) is 8.52. The number of nitrogen functional groups attached to an aromatic ring is 1. The van der Waals surface area contributed by atoms with Gasteiger partial charge in [-0.15, -0.1) is 0 Å². The number of benzene rings is 1. The van der Waals surface area contributed by atoms with Gasteiger partial charge in [-0.25, -0.2) is 4.79 Å². The van der Waals surface area contributed by atoms with Gasteiger partial charge in [0.25, 0.3) is 0 Å². The van der Waals surface area contributed by atoms with E-state index in [0.717, 1.165) is 0 Å². The normalized spacial score (nSPS) is 12.0. The standard InChI is InChI=1S/C13H20N2O3/c1-9(8-17-3)15(2)12-10(13(16)18-4)6-5-7-11(12)14/h5-7,9H,8,14H2,1-4H3. The molecule has 1 aromatic carbocycles. The fraction of sp³-hybridized carbons (Fsp3) is 0.462. The molecule has 0 aliphatic carbocycles. The molecule has 1 atom stereocenters. The number of carbonyl (C=O) groups excluding carboxylic acids is 1. The second-order valence-electron chi connectivity index (χ2n) is 4.15. The molecule has 0 aliphatic rings. The van der Waals surface area contributed by atoms with E-state index in [1.54, 1.807) is 25.3 Å². The van der Waals surface area contributed by atoms with E-state index in [2.05, 4.69) is 0 Å². The van der Waals surface area contributed by atoms with Crippen molar-refractivity contribution in [3.8, 4) is 0 Å². The minimum absolute atomic E-state index is 0.100. The van der Waals surface area contributed by atoms with Gasteiger partial charge in [-0.3, -0.25) is 0 Å². The Morgan fingerprint density at radius 3 is 2.67 bits per heavy atom. The maximum Gasteiger partial charge on any atom is 0.340 e. The van der Waals surface area contributed by atoms with Crippen molar-refractivity contribution < 1.29 is 14.3 Å². The molecular formula is C13H20N2O3. The molecule has 18 heavy (non-hydrogen) atoms. The first kappa shape index (κ1) is 14.3. The van der Waals surface area contributed by atoms with Crippen LogP contribution in [0.25, 0.3) is 0 Å². The molecular weight excluding hydrogens is 232 g/mol. The summed E-state index contributed by atoms with van der Waals surface area (Å²) in [5.41, 5.74) is 7.64. The zero-order chi connectivity index (χ0) is 13.7. The van der Waals surface area contributed by atoms with E-state index in [1.807, 2.05) is 18.9 Å². The lowest BCUT2D eigenvalue weighted by molar-refractivity contribution is 0.0601. The minimum atomic E-state index is -0.395. The van der Waals surface area contributed by atoms with Gasteiger partial charge in [0.05, 0.1) is 30.7 Å². The van der Waals surface area contributed by atoms with Crippen LogP contribution in [0, 0.1) is 0 Å². The molecule has 1 aromatic rings. The van der Waals surface area contributed by atoms with Gasteiger partial charge in [-0.2, -0.15) is 0 Å². The third kappa shape index (κ3) is 2.92. The Bertz CT molecular complexity index is 421. The van der Waals surface area contributed by atoms with Crippen LogP contribution in [0.1, 0.15) is 17.3 Å². The summed E-state index contributed by atoms with van der Waals surface area (Å²) < 4.78 is 9.88. The minimum Gasteiger partial charge on any atom is -0.465 e. The van der Waals surface area contributed by atoms with Crippen LogP contribution in [-0.2, 0) is 9.47 Å². The second kappa shape index (κ2) is 6.26. The lowest BCUT2D eigenvalue weighted by atomic mass is 10.1. The highest BCUT2D eigenvalue weighted by molar-refractivity contribution is 5.99. The molecule has 0 aromatic heterocycles. The highest BCUT2D eigenvalue weighted by Crippen LogP contribution is 2.29. The summed E-state index contributed by atoms with van der Waals surface area (Å²) in [6.07, 6.45) is 0. The average Bonchev–Trinajstić information content (AvgIpc) is 2.37. The number of nitrogens with zero attached hydrogens (tertiary/aromatic N) is 1. The van der Waals surface area contributed by atoms with Gasteiger partial charge in [0.15, 0.2) is 0 Å². The summed E-state index contributed by atoms with van der Waals surface area (Å²) >= 11 is 0. The van der Waals surface area contributed by atoms with Crippen LogP contribution in [0.2, 0.25) is 0 Å². The number of rotatable bonds is 5. The first-order valence-electron chi connectivity index (χ1n) is 5.71. The molecule has 0 amide bonds. The first-order valence-corrected chi connectivity index (χ1v) is 5.71. The van der Waals surface area contributed by atoms with Crippen molar-refractivity contribution in [3.05, 3.63) is 23.8 Å². The molecule has 0 aliphatic heterocycles. The quantitative estimate of drug-likeness (QED) is 0.636. The number of carbonyl (C=O) groups is 1. The lowest BCUT2D eigenvalue weighted by Gasteiger charge is -2.29.